The maximum atomic E-state index is 12.8. The minimum absolute atomic E-state index is 0. The monoisotopic (exact) mass is 503 g/mol. The van der Waals surface area contributed by atoms with Crippen molar-refractivity contribution in [2.24, 2.45) is 12.0 Å². The van der Waals surface area contributed by atoms with Crippen molar-refractivity contribution < 1.29 is 13.2 Å². The summed E-state index contributed by atoms with van der Waals surface area (Å²) in [5.74, 6) is 1.32. The van der Waals surface area contributed by atoms with Crippen LogP contribution >= 0.6 is 24.0 Å². The third kappa shape index (κ3) is 5.15. The van der Waals surface area contributed by atoms with Crippen LogP contribution in [0.1, 0.15) is 17.0 Å². The van der Waals surface area contributed by atoms with E-state index in [2.05, 4.69) is 20.6 Å². The van der Waals surface area contributed by atoms with E-state index in [-0.39, 0.29) is 30.5 Å². The number of fused-ring (bicyclic) bond motifs is 1. The Bertz CT molecular complexity index is 966. The highest BCUT2D eigenvalue weighted by atomic mass is 127. The number of nitrogens with zero attached hydrogens (tertiary/aromatic N) is 3. The maximum Gasteiger partial charge on any atom is 0.416 e. The van der Waals surface area contributed by atoms with Crippen molar-refractivity contribution in [1.82, 2.24) is 20.2 Å². The first-order valence-corrected chi connectivity index (χ1v) is 8.39. The van der Waals surface area contributed by atoms with Gasteiger partial charge in [-0.1, -0.05) is 24.3 Å². The molecule has 0 unspecified atom stereocenters. The zero-order valence-corrected chi connectivity index (χ0v) is 17.7. The van der Waals surface area contributed by atoms with Gasteiger partial charge in [-0.15, -0.1) is 24.0 Å². The molecule has 2 N–H and O–H groups in total. The zero-order valence-electron chi connectivity index (χ0n) is 15.4. The van der Waals surface area contributed by atoms with E-state index in [1.807, 2.05) is 35.9 Å². The molecule has 0 aliphatic rings. The number of rotatable bonds is 4. The lowest BCUT2D eigenvalue weighted by Crippen LogP contribution is -2.36. The topological polar surface area (TPSA) is 54.2 Å². The summed E-state index contributed by atoms with van der Waals surface area (Å²) >= 11 is 0. The number of guanidine groups is 1. The second-order valence-electron chi connectivity index (χ2n) is 6.05. The molecular weight excluding hydrogens is 482 g/mol. The molecule has 0 aliphatic heterocycles. The Hall–Kier alpha value is -2.30. The highest BCUT2D eigenvalue weighted by Crippen LogP contribution is 2.29. The fourth-order valence-electron chi connectivity index (χ4n) is 2.78. The minimum atomic E-state index is -4.35. The molecule has 150 valence electrons. The number of nitrogens with one attached hydrogen (secondary N) is 2. The van der Waals surface area contributed by atoms with Crippen LogP contribution in [-0.2, 0) is 26.3 Å². The number of hydrogen-bond donors (Lipinski definition) is 2. The summed E-state index contributed by atoms with van der Waals surface area (Å²) in [7, 11) is 3.54. The molecule has 0 atom stereocenters. The van der Waals surface area contributed by atoms with Crippen molar-refractivity contribution in [3.8, 4) is 0 Å². The van der Waals surface area contributed by atoms with Crippen LogP contribution in [0.2, 0.25) is 0 Å². The number of aryl methyl sites for hydroxylation is 1. The molecule has 0 radical (unpaired) electrons. The molecule has 5 nitrogen and oxygen atoms in total. The summed E-state index contributed by atoms with van der Waals surface area (Å²) in [6, 6.07) is 13.1. The first-order chi connectivity index (χ1) is 12.9. The Balaban J connectivity index is 0.00000280. The van der Waals surface area contributed by atoms with Gasteiger partial charge in [0, 0.05) is 20.6 Å². The van der Waals surface area contributed by atoms with Crippen molar-refractivity contribution in [1.29, 1.82) is 0 Å². The maximum absolute atomic E-state index is 12.8. The van der Waals surface area contributed by atoms with Crippen LogP contribution in [0.4, 0.5) is 13.2 Å². The lowest BCUT2D eigenvalue weighted by molar-refractivity contribution is -0.137. The quantitative estimate of drug-likeness (QED) is 0.321. The van der Waals surface area contributed by atoms with Crippen molar-refractivity contribution in [2.45, 2.75) is 19.3 Å². The van der Waals surface area contributed by atoms with Crippen molar-refractivity contribution in [3.63, 3.8) is 0 Å². The van der Waals surface area contributed by atoms with Gasteiger partial charge in [0.1, 0.15) is 5.82 Å². The van der Waals surface area contributed by atoms with Crippen LogP contribution in [-0.4, -0.2) is 22.6 Å². The van der Waals surface area contributed by atoms with Gasteiger partial charge < -0.3 is 15.2 Å². The van der Waals surface area contributed by atoms with Gasteiger partial charge in [0.15, 0.2) is 5.96 Å². The predicted octanol–water partition coefficient (Wildman–Crippen LogP) is 4.08. The van der Waals surface area contributed by atoms with Gasteiger partial charge >= 0.3 is 6.18 Å². The standard InChI is InChI=1S/C19H20F3N5.HI/c1-23-18(24-11-13-6-5-7-14(10-13)19(20,21)22)25-12-17-26-15-8-3-4-9-16(15)27(17)2;/h3-10H,11-12H2,1-2H3,(H2,23,24,25);1H. The molecule has 0 bridgehead atoms. The fourth-order valence-corrected chi connectivity index (χ4v) is 2.78. The van der Waals surface area contributed by atoms with Crippen molar-refractivity contribution in [3.05, 3.63) is 65.5 Å². The molecular formula is C19H21F3IN5. The summed E-state index contributed by atoms with van der Waals surface area (Å²) in [4.78, 5) is 8.68. The Labute approximate surface area is 178 Å². The van der Waals surface area contributed by atoms with Gasteiger partial charge in [0.25, 0.3) is 0 Å². The average Bonchev–Trinajstić information content (AvgIpc) is 2.98. The summed E-state index contributed by atoms with van der Waals surface area (Å²) < 4.78 is 40.4. The molecule has 0 fully saturated rings. The van der Waals surface area contributed by atoms with Gasteiger partial charge in [-0.3, -0.25) is 4.99 Å². The van der Waals surface area contributed by atoms with Crippen LogP contribution < -0.4 is 10.6 Å². The van der Waals surface area contributed by atoms with E-state index >= 15 is 0 Å². The summed E-state index contributed by atoms with van der Waals surface area (Å²) in [6.07, 6.45) is -4.35. The SMILES string of the molecule is CN=C(NCc1cccc(C(F)(F)F)c1)NCc1nc2ccccc2n1C.I. The Morgan fingerprint density at radius 1 is 1.07 bits per heavy atom. The number of alkyl halides is 3. The highest BCUT2D eigenvalue weighted by Gasteiger charge is 2.30. The normalized spacial score (nSPS) is 12.0. The number of benzene rings is 2. The van der Waals surface area contributed by atoms with Crippen LogP contribution in [0.25, 0.3) is 11.0 Å². The average molecular weight is 503 g/mol. The number of para-hydroxylation sites is 2. The highest BCUT2D eigenvalue weighted by molar-refractivity contribution is 14.0. The van der Waals surface area contributed by atoms with Gasteiger partial charge in [-0.25, -0.2) is 4.98 Å². The third-order valence-electron chi connectivity index (χ3n) is 4.23. The molecule has 9 heteroatoms. The lowest BCUT2D eigenvalue weighted by atomic mass is 10.1. The number of aromatic nitrogens is 2. The van der Waals surface area contributed by atoms with Crippen LogP contribution in [0.15, 0.2) is 53.5 Å². The zero-order chi connectivity index (χ0) is 19.4. The Morgan fingerprint density at radius 2 is 1.79 bits per heavy atom. The smallest absolute Gasteiger partial charge is 0.352 e. The Morgan fingerprint density at radius 3 is 2.46 bits per heavy atom. The number of hydrogen-bond acceptors (Lipinski definition) is 2. The van der Waals surface area contributed by atoms with E-state index < -0.39 is 11.7 Å². The molecule has 0 spiro atoms. The molecule has 2 aromatic carbocycles. The van der Waals surface area contributed by atoms with Gasteiger partial charge in [-0.05, 0) is 29.8 Å². The predicted molar refractivity (Wildman–Crippen MR) is 115 cm³/mol. The first-order valence-electron chi connectivity index (χ1n) is 8.39. The van der Waals surface area contributed by atoms with E-state index in [1.165, 1.54) is 6.07 Å². The van der Waals surface area contributed by atoms with E-state index in [1.54, 1.807) is 13.1 Å². The van der Waals surface area contributed by atoms with E-state index in [9.17, 15) is 13.2 Å². The van der Waals surface area contributed by atoms with Crippen molar-refractivity contribution >= 4 is 41.0 Å². The van der Waals surface area contributed by atoms with Crippen molar-refractivity contribution in [2.75, 3.05) is 7.05 Å². The second kappa shape index (κ2) is 9.26. The fraction of sp³-hybridized carbons (Fsp3) is 0.263. The van der Waals surface area contributed by atoms with Crippen LogP contribution in [0, 0.1) is 0 Å². The summed E-state index contributed by atoms with van der Waals surface area (Å²) in [6.45, 7) is 0.666. The third-order valence-corrected chi connectivity index (χ3v) is 4.23. The molecule has 28 heavy (non-hydrogen) atoms. The van der Waals surface area contributed by atoms with Crippen LogP contribution in [0.3, 0.4) is 0 Å². The molecule has 1 heterocycles. The molecule has 0 amide bonds. The van der Waals surface area contributed by atoms with E-state index in [0.29, 0.717) is 18.1 Å². The molecule has 0 aliphatic carbocycles. The largest absolute Gasteiger partial charge is 0.416 e. The van der Waals surface area contributed by atoms with Gasteiger partial charge in [-0.2, -0.15) is 13.2 Å². The molecule has 3 rings (SSSR count). The molecule has 0 saturated carbocycles. The summed E-state index contributed by atoms with van der Waals surface area (Å²) in [5.41, 5.74) is 1.80. The Kier molecular flexibility index (Phi) is 7.28. The minimum Gasteiger partial charge on any atom is -0.352 e. The van der Waals surface area contributed by atoms with Gasteiger partial charge in [0.05, 0.1) is 23.1 Å². The van der Waals surface area contributed by atoms with E-state index in [0.717, 1.165) is 29.0 Å². The second-order valence-corrected chi connectivity index (χ2v) is 6.05. The number of halogens is 4. The first kappa shape index (κ1) is 22.0. The summed E-state index contributed by atoms with van der Waals surface area (Å²) in [5, 5.41) is 6.16. The van der Waals surface area contributed by atoms with Gasteiger partial charge in [0.2, 0.25) is 0 Å². The molecule has 1 aromatic heterocycles. The number of aliphatic imine (C=N–C) groups is 1. The molecule has 3 aromatic rings. The van der Waals surface area contributed by atoms with Crippen LogP contribution in [0.5, 0.6) is 0 Å². The molecule has 0 saturated heterocycles. The lowest BCUT2D eigenvalue weighted by Gasteiger charge is -2.13. The number of imidazole rings is 1. The van der Waals surface area contributed by atoms with E-state index in [4.69, 9.17) is 0 Å².